The molecule has 3 rings (SSSR count). The van der Waals surface area contributed by atoms with Gasteiger partial charge >= 0.3 is 0 Å². The van der Waals surface area contributed by atoms with Gasteiger partial charge in [0.1, 0.15) is 5.75 Å². The minimum Gasteiger partial charge on any atom is -0.490 e. The number of nitrogens with zero attached hydrogens (tertiary/aromatic N) is 1. The quantitative estimate of drug-likeness (QED) is 0.928. The summed E-state index contributed by atoms with van der Waals surface area (Å²) < 4.78 is 6.01. The Morgan fingerprint density at radius 2 is 1.91 bits per heavy atom. The zero-order valence-corrected chi connectivity index (χ0v) is 14.0. The normalized spacial score (nSPS) is 21.4. The molecule has 0 bridgehead atoms. The molecule has 2 N–H and O–H groups in total. The molecule has 0 radical (unpaired) electrons. The van der Waals surface area contributed by atoms with E-state index in [-0.39, 0.29) is 11.9 Å². The summed E-state index contributed by atoms with van der Waals surface area (Å²) in [4.78, 5) is 14.7. The average molecular weight is 316 g/mol. The maximum Gasteiger partial charge on any atom is 0.253 e. The van der Waals surface area contributed by atoms with Crippen molar-refractivity contribution in [3.8, 4) is 5.75 Å². The second-order valence-electron chi connectivity index (χ2n) is 7.04. The first-order chi connectivity index (χ1) is 11.1. The molecule has 1 atom stereocenters. The third-order valence-corrected chi connectivity index (χ3v) is 5.26. The number of hydrogen-bond donors (Lipinski definition) is 1. The fraction of sp³-hybridized carbons (Fsp3) is 0.632. The van der Waals surface area contributed by atoms with Gasteiger partial charge in [-0.05, 0) is 69.6 Å². The molecule has 1 aliphatic heterocycles. The van der Waals surface area contributed by atoms with Gasteiger partial charge in [0, 0.05) is 24.7 Å². The highest BCUT2D eigenvalue weighted by atomic mass is 16.5. The van der Waals surface area contributed by atoms with Crippen molar-refractivity contribution in [1.82, 2.24) is 4.90 Å². The van der Waals surface area contributed by atoms with Gasteiger partial charge in [-0.15, -0.1) is 0 Å². The highest BCUT2D eigenvalue weighted by molar-refractivity contribution is 5.94. The third kappa shape index (κ3) is 4.05. The Morgan fingerprint density at radius 3 is 2.57 bits per heavy atom. The van der Waals surface area contributed by atoms with Crippen LogP contribution in [0.1, 0.15) is 55.8 Å². The number of hydrogen-bond acceptors (Lipinski definition) is 3. The van der Waals surface area contributed by atoms with Gasteiger partial charge in [-0.1, -0.05) is 6.07 Å². The molecule has 1 aromatic rings. The van der Waals surface area contributed by atoms with Gasteiger partial charge < -0.3 is 15.4 Å². The Hall–Kier alpha value is -1.55. The molecule has 2 fully saturated rings. The lowest BCUT2D eigenvalue weighted by molar-refractivity contribution is 0.0680. The van der Waals surface area contributed by atoms with Crippen molar-refractivity contribution in [2.45, 2.75) is 57.6 Å². The van der Waals surface area contributed by atoms with Crippen LogP contribution in [0.4, 0.5) is 0 Å². The minimum absolute atomic E-state index is 0.116. The van der Waals surface area contributed by atoms with Crippen LogP contribution in [0.2, 0.25) is 0 Å². The largest absolute Gasteiger partial charge is 0.490 e. The number of likely N-dealkylation sites (tertiary alicyclic amines) is 1. The standard InChI is InChI=1S/C19H28N2O2/c1-14(20)15-9-11-21(12-10-15)19(22)16-5-4-8-18(13-16)23-17-6-2-3-7-17/h4-5,8,13-15,17H,2-3,6-7,9-12,20H2,1H3. The number of ether oxygens (including phenoxy) is 1. The molecule has 1 saturated heterocycles. The van der Waals surface area contributed by atoms with Crippen molar-refractivity contribution < 1.29 is 9.53 Å². The van der Waals surface area contributed by atoms with Gasteiger partial charge in [-0.2, -0.15) is 0 Å². The van der Waals surface area contributed by atoms with Gasteiger partial charge in [0.2, 0.25) is 0 Å². The van der Waals surface area contributed by atoms with Crippen LogP contribution in [0, 0.1) is 5.92 Å². The Balaban J connectivity index is 1.61. The van der Waals surface area contributed by atoms with E-state index in [0.29, 0.717) is 12.0 Å². The van der Waals surface area contributed by atoms with Crippen LogP contribution in [0.3, 0.4) is 0 Å². The lowest BCUT2D eigenvalue weighted by Gasteiger charge is -2.33. The Labute approximate surface area is 139 Å². The molecule has 2 aliphatic rings. The van der Waals surface area contributed by atoms with E-state index in [1.165, 1.54) is 12.8 Å². The van der Waals surface area contributed by atoms with Crippen molar-refractivity contribution in [2.24, 2.45) is 11.7 Å². The SMILES string of the molecule is CC(N)C1CCN(C(=O)c2cccc(OC3CCCC3)c2)CC1. The van der Waals surface area contributed by atoms with E-state index in [9.17, 15) is 4.79 Å². The zero-order valence-electron chi connectivity index (χ0n) is 14.0. The van der Waals surface area contributed by atoms with Crippen LogP contribution in [0.25, 0.3) is 0 Å². The average Bonchev–Trinajstić information content (AvgIpc) is 3.07. The van der Waals surface area contributed by atoms with Crippen molar-refractivity contribution >= 4 is 5.91 Å². The molecule has 1 unspecified atom stereocenters. The molecule has 1 aromatic carbocycles. The van der Waals surface area contributed by atoms with E-state index in [0.717, 1.165) is 50.1 Å². The van der Waals surface area contributed by atoms with Gasteiger partial charge in [-0.25, -0.2) is 0 Å². The summed E-state index contributed by atoms with van der Waals surface area (Å²) in [5, 5.41) is 0. The summed E-state index contributed by atoms with van der Waals surface area (Å²) >= 11 is 0. The van der Waals surface area contributed by atoms with Crippen LogP contribution in [0.5, 0.6) is 5.75 Å². The van der Waals surface area contributed by atoms with E-state index in [2.05, 4.69) is 6.92 Å². The molecule has 23 heavy (non-hydrogen) atoms. The number of carbonyl (C=O) groups is 1. The Morgan fingerprint density at radius 1 is 1.22 bits per heavy atom. The van der Waals surface area contributed by atoms with E-state index >= 15 is 0 Å². The van der Waals surface area contributed by atoms with Gasteiger partial charge in [0.05, 0.1) is 6.10 Å². The number of rotatable bonds is 4. The molecule has 4 heteroatoms. The van der Waals surface area contributed by atoms with Crippen LogP contribution in [-0.4, -0.2) is 36.0 Å². The summed E-state index contributed by atoms with van der Waals surface area (Å²) in [5.41, 5.74) is 6.71. The van der Waals surface area contributed by atoms with Gasteiger partial charge in [0.15, 0.2) is 0 Å². The smallest absolute Gasteiger partial charge is 0.253 e. The first kappa shape index (κ1) is 16.3. The number of nitrogens with two attached hydrogens (primary N) is 1. The molecule has 1 heterocycles. The van der Waals surface area contributed by atoms with Crippen molar-refractivity contribution in [3.63, 3.8) is 0 Å². The van der Waals surface area contributed by atoms with Crippen LogP contribution in [-0.2, 0) is 0 Å². The monoisotopic (exact) mass is 316 g/mol. The molecule has 1 saturated carbocycles. The summed E-state index contributed by atoms with van der Waals surface area (Å²) in [5.74, 6) is 1.48. The first-order valence-electron chi connectivity index (χ1n) is 8.95. The topological polar surface area (TPSA) is 55.6 Å². The Kier molecular flexibility index (Phi) is 5.21. The highest BCUT2D eigenvalue weighted by Crippen LogP contribution is 2.26. The number of carbonyl (C=O) groups excluding carboxylic acids is 1. The summed E-state index contributed by atoms with van der Waals surface area (Å²) in [6.45, 7) is 3.67. The third-order valence-electron chi connectivity index (χ3n) is 5.26. The van der Waals surface area contributed by atoms with Crippen LogP contribution in [0.15, 0.2) is 24.3 Å². The molecular formula is C19H28N2O2. The van der Waals surface area contributed by atoms with Crippen molar-refractivity contribution in [2.75, 3.05) is 13.1 Å². The van der Waals surface area contributed by atoms with Gasteiger partial charge in [0.25, 0.3) is 5.91 Å². The van der Waals surface area contributed by atoms with Crippen LogP contribution >= 0.6 is 0 Å². The zero-order chi connectivity index (χ0) is 16.2. The number of amides is 1. The summed E-state index contributed by atoms with van der Waals surface area (Å²) in [6.07, 6.45) is 7.08. The first-order valence-corrected chi connectivity index (χ1v) is 8.95. The predicted octanol–water partition coefficient (Wildman–Crippen LogP) is 3.21. The second-order valence-corrected chi connectivity index (χ2v) is 7.04. The number of piperidine rings is 1. The fourth-order valence-electron chi connectivity index (χ4n) is 3.71. The molecule has 0 aromatic heterocycles. The molecule has 4 nitrogen and oxygen atoms in total. The number of benzene rings is 1. The predicted molar refractivity (Wildman–Crippen MR) is 91.6 cm³/mol. The molecule has 0 spiro atoms. The van der Waals surface area contributed by atoms with Crippen molar-refractivity contribution in [3.05, 3.63) is 29.8 Å². The summed E-state index contributed by atoms with van der Waals surface area (Å²) in [7, 11) is 0. The van der Waals surface area contributed by atoms with E-state index in [4.69, 9.17) is 10.5 Å². The summed E-state index contributed by atoms with van der Waals surface area (Å²) in [6, 6.07) is 7.89. The lowest BCUT2D eigenvalue weighted by Crippen LogP contribution is -2.42. The molecule has 1 aliphatic carbocycles. The maximum atomic E-state index is 12.7. The van der Waals surface area contributed by atoms with Crippen molar-refractivity contribution in [1.29, 1.82) is 0 Å². The molecular weight excluding hydrogens is 288 g/mol. The maximum absolute atomic E-state index is 12.7. The van der Waals surface area contributed by atoms with Gasteiger partial charge in [-0.3, -0.25) is 4.79 Å². The lowest BCUT2D eigenvalue weighted by atomic mass is 9.90. The van der Waals surface area contributed by atoms with Crippen LogP contribution < -0.4 is 10.5 Å². The van der Waals surface area contributed by atoms with E-state index in [1.54, 1.807) is 0 Å². The fourth-order valence-corrected chi connectivity index (χ4v) is 3.71. The molecule has 1 amide bonds. The second kappa shape index (κ2) is 7.35. The van der Waals surface area contributed by atoms with E-state index < -0.39 is 0 Å². The van der Waals surface area contributed by atoms with E-state index in [1.807, 2.05) is 29.2 Å². The molecule has 126 valence electrons. The minimum atomic E-state index is 0.116. The highest BCUT2D eigenvalue weighted by Gasteiger charge is 2.25. The Bertz CT molecular complexity index is 530.